The van der Waals surface area contributed by atoms with Crippen LogP contribution in [0.25, 0.3) is 11.3 Å². The zero-order chi connectivity index (χ0) is 14.7. The van der Waals surface area contributed by atoms with Gasteiger partial charge in [-0.2, -0.15) is 0 Å². The minimum Gasteiger partial charge on any atom is -0.398 e. The lowest BCUT2D eigenvalue weighted by Crippen LogP contribution is -2.19. The Morgan fingerprint density at radius 2 is 2.19 bits per heavy atom. The number of carbonyl (C=O) groups is 1. The zero-order valence-electron chi connectivity index (χ0n) is 10.9. The Bertz CT molecular complexity index is 750. The number of nitrogens with two attached hydrogens (primary N) is 1. The van der Waals surface area contributed by atoms with Crippen LogP contribution in [0.4, 0.5) is 11.5 Å². The second-order valence-corrected chi connectivity index (χ2v) is 4.32. The maximum Gasteiger partial charge on any atom is 0.247 e. The molecule has 3 rings (SSSR count). The quantitative estimate of drug-likeness (QED) is 0.695. The van der Waals surface area contributed by atoms with Gasteiger partial charge in [0, 0.05) is 17.3 Å². The van der Waals surface area contributed by atoms with Gasteiger partial charge in [0.05, 0.1) is 6.20 Å². The number of benzene rings is 1. The van der Waals surface area contributed by atoms with Crippen molar-refractivity contribution in [2.24, 2.45) is 0 Å². The average molecular weight is 284 g/mol. The number of hydrogen-bond donors (Lipinski definition) is 2. The molecule has 2 heterocycles. The maximum atomic E-state index is 11.8. The lowest BCUT2D eigenvalue weighted by molar-refractivity contribution is -0.117. The van der Waals surface area contributed by atoms with Gasteiger partial charge >= 0.3 is 0 Å². The van der Waals surface area contributed by atoms with Crippen molar-refractivity contribution in [2.75, 3.05) is 11.1 Å². The van der Waals surface area contributed by atoms with Crippen molar-refractivity contribution in [1.82, 2.24) is 20.2 Å². The minimum absolute atomic E-state index is 0.0204. The molecule has 0 saturated heterocycles. The van der Waals surface area contributed by atoms with Gasteiger partial charge in [-0.05, 0) is 6.07 Å². The van der Waals surface area contributed by atoms with Gasteiger partial charge in [0.25, 0.3) is 0 Å². The standard InChI is InChI=1S/C13H12N6O2/c14-10-4-2-1-3-9(10)11-7-19(18-16-11)8-13(20)15-12-5-6-21-17-12/h1-7H,8,14H2,(H,15,17,20). The Labute approximate surface area is 119 Å². The van der Waals surface area contributed by atoms with Crippen molar-refractivity contribution in [3.8, 4) is 11.3 Å². The van der Waals surface area contributed by atoms with E-state index in [0.29, 0.717) is 17.2 Å². The van der Waals surface area contributed by atoms with Crippen LogP contribution in [-0.2, 0) is 11.3 Å². The molecule has 2 aromatic heterocycles. The van der Waals surface area contributed by atoms with Crippen molar-refractivity contribution in [3.05, 3.63) is 42.8 Å². The number of aromatic nitrogens is 4. The highest BCUT2D eigenvalue weighted by molar-refractivity contribution is 5.89. The number of nitrogens with zero attached hydrogens (tertiary/aromatic N) is 4. The highest BCUT2D eigenvalue weighted by Gasteiger charge is 2.10. The third-order valence-electron chi connectivity index (χ3n) is 2.79. The molecule has 0 aliphatic heterocycles. The van der Waals surface area contributed by atoms with Crippen LogP contribution < -0.4 is 11.1 Å². The van der Waals surface area contributed by atoms with Crippen molar-refractivity contribution >= 4 is 17.4 Å². The van der Waals surface area contributed by atoms with E-state index >= 15 is 0 Å². The van der Waals surface area contributed by atoms with Crippen LogP contribution in [0.3, 0.4) is 0 Å². The summed E-state index contributed by atoms with van der Waals surface area (Å²) in [5, 5.41) is 14.1. The summed E-state index contributed by atoms with van der Waals surface area (Å²) >= 11 is 0. The van der Waals surface area contributed by atoms with Gasteiger partial charge in [0.1, 0.15) is 18.5 Å². The Hall–Kier alpha value is -3.16. The number of hydrogen-bond acceptors (Lipinski definition) is 6. The summed E-state index contributed by atoms with van der Waals surface area (Å²) in [5.41, 5.74) is 7.88. The van der Waals surface area contributed by atoms with Gasteiger partial charge in [-0.1, -0.05) is 28.6 Å². The van der Waals surface area contributed by atoms with Crippen molar-refractivity contribution in [1.29, 1.82) is 0 Å². The van der Waals surface area contributed by atoms with E-state index in [2.05, 4.69) is 25.3 Å². The van der Waals surface area contributed by atoms with Crippen LogP contribution in [-0.4, -0.2) is 26.1 Å². The van der Waals surface area contributed by atoms with E-state index in [1.54, 1.807) is 18.3 Å². The Morgan fingerprint density at radius 3 is 2.95 bits per heavy atom. The van der Waals surface area contributed by atoms with Crippen molar-refractivity contribution in [2.45, 2.75) is 6.54 Å². The number of nitrogens with one attached hydrogen (secondary N) is 1. The van der Waals surface area contributed by atoms with Crippen LogP contribution in [0.5, 0.6) is 0 Å². The first-order valence-electron chi connectivity index (χ1n) is 6.17. The summed E-state index contributed by atoms with van der Waals surface area (Å²) in [4.78, 5) is 11.8. The normalized spacial score (nSPS) is 10.5. The molecule has 0 aliphatic rings. The highest BCUT2D eigenvalue weighted by Crippen LogP contribution is 2.22. The Kier molecular flexibility index (Phi) is 3.34. The molecule has 1 amide bonds. The van der Waals surface area contributed by atoms with Crippen molar-refractivity contribution in [3.63, 3.8) is 0 Å². The molecule has 3 aromatic rings. The summed E-state index contributed by atoms with van der Waals surface area (Å²) < 4.78 is 6.06. The molecule has 0 bridgehead atoms. The lowest BCUT2D eigenvalue weighted by atomic mass is 10.1. The van der Waals surface area contributed by atoms with Crippen LogP contribution in [0, 0.1) is 0 Å². The molecule has 8 nitrogen and oxygen atoms in total. The molecule has 0 fully saturated rings. The number of nitrogen functional groups attached to an aromatic ring is 1. The number of amides is 1. The molecular formula is C13H12N6O2. The Balaban J connectivity index is 1.71. The van der Waals surface area contributed by atoms with E-state index in [-0.39, 0.29) is 12.5 Å². The van der Waals surface area contributed by atoms with E-state index in [0.717, 1.165) is 5.56 Å². The fourth-order valence-electron chi connectivity index (χ4n) is 1.84. The Morgan fingerprint density at radius 1 is 1.33 bits per heavy atom. The molecule has 3 N–H and O–H groups in total. The second-order valence-electron chi connectivity index (χ2n) is 4.32. The topological polar surface area (TPSA) is 112 Å². The predicted molar refractivity (Wildman–Crippen MR) is 75.0 cm³/mol. The van der Waals surface area contributed by atoms with Crippen molar-refractivity contribution < 1.29 is 9.32 Å². The molecule has 0 saturated carbocycles. The molecule has 0 aliphatic carbocycles. The number of rotatable bonds is 4. The van der Waals surface area contributed by atoms with E-state index in [9.17, 15) is 4.79 Å². The van der Waals surface area contributed by atoms with Crippen LogP contribution in [0.1, 0.15) is 0 Å². The third-order valence-corrected chi connectivity index (χ3v) is 2.79. The van der Waals surface area contributed by atoms with E-state index in [4.69, 9.17) is 5.73 Å². The van der Waals surface area contributed by atoms with E-state index in [1.807, 2.05) is 18.2 Å². The molecule has 0 unspecified atom stereocenters. The van der Waals surface area contributed by atoms with Gasteiger partial charge in [-0.3, -0.25) is 4.79 Å². The first kappa shape index (κ1) is 12.9. The average Bonchev–Trinajstić information content (AvgIpc) is 3.11. The summed E-state index contributed by atoms with van der Waals surface area (Å²) in [7, 11) is 0. The molecule has 1 aromatic carbocycles. The molecule has 106 valence electrons. The fraction of sp³-hybridized carbons (Fsp3) is 0.0769. The summed E-state index contributed by atoms with van der Waals surface area (Å²) in [6.45, 7) is 0.0204. The van der Waals surface area contributed by atoms with Gasteiger partial charge < -0.3 is 15.6 Å². The van der Waals surface area contributed by atoms with Gasteiger partial charge in [-0.15, -0.1) is 5.10 Å². The minimum atomic E-state index is -0.276. The fourth-order valence-corrected chi connectivity index (χ4v) is 1.84. The predicted octanol–water partition coefficient (Wildman–Crippen LogP) is 1.15. The molecular weight excluding hydrogens is 272 g/mol. The number of carbonyl (C=O) groups excluding carboxylic acids is 1. The number of anilines is 2. The smallest absolute Gasteiger partial charge is 0.247 e. The third kappa shape index (κ3) is 2.89. The maximum absolute atomic E-state index is 11.8. The van der Waals surface area contributed by atoms with Crippen LogP contribution in [0.2, 0.25) is 0 Å². The largest absolute Gasteiger partial charge is 0.398 e. The number of para-hydroxylation sites is 1. The summed E-state index contributed by atoms with van der Waals surface area (Å²) in [5.74, 6) is 0.0778. The monoisotopic (exact) mass is 284 g/mol. The first-order valence-corrected chi connectivity index (χ1v) is 6.17. The zero-order valence-corrected chi connectivity index (χ0v) is 10.9. The summed E-state index contributed by atoms with van der Waals surface area (Å²) in [6.07, 6.45) is 3.04. The highest BCUT2D eigenvalue weighted by atomic mass is 16.5. The van der Waals surface area contributed by atoms with Crippen LogP contribution in [0.15, 0.2) is 47.3 Å². The summed E-state index contributed by atoms with van der Waals surface area (Å²) in [6, 6.07) is 8.89. The van der Waals surface area contributed by atoms with Gasteiger partial charge in [0.2, 0.25) is 5.91 Å². The lowest BCUT2D eigenvalue weighted by Gasteiger charge is -2.01. The van der Waals surface area contributed by atoms with E-state index in [1.165, 1.54) is 10.9 Å². The van der Waals surface area contributed by atoms with Gasteiger partial charge in [-0.25, -0.2) is 4.68 Å². The van der Waals surface area contributed by atoms with Crippen LogP contribution >= 0.6 is 0 Å². The molecule has 0 atom stereocenters. The SMILES string of the molecule is Nc1ccccc1-c1cn(CC(=O)Nc2ccon2)nn1. The molecule has 21 heavy (non-hydrogen) atoms. The first-order chi connectivity index (χ1) is 10.2. The van der Waals surface area contributed by atoms with Gasteiger partial charge in [0.15, 0.2) is 5.82 Å². The molecule has 8 heteroatoms. The second kappa shape index (κ2) is 5.45. The molecule has 0 spiro atoms. The van der Waals surface area contributed by atoms with E-state index < -0.39 is 0 Å². The molecule has 0 radical (unpaired) electrons.